The summed E-state index contributed by atoms with van der Waals surface area (Å²) in [5.74, 6) is 1.16. The maximum Gasteiger partial charge on any atom is 0.269 e. The lowest BCUT2D eigenvalue weighted by Gasteiger charge is -2.30. The van der Waals surface area contributed by atoms with Crippen molar-refractivity contribution < 1.29 is 28.5 Å². The lowest BCUT2D eigenvalue weighted by Crippen LogP contribution is -2.50. The summed E-state index contributed by atoms with van der Waals surface area (Å²) in [5.41, 5.74) is 4.82. The van der Waals surface area contributed by atoms with Gasteiger partial charge in [0.15, 0.2) is 17.2 Å². The summed E-state index contributed by atoms with van der Waals surface area (Å²) in [7, 11) is 3.09. The van der Waals surface area contributed by atoms with E-state index in [1.54, 1.807) is 56.7 Å². The average Bonchev–Trinajstić information content (AvgIpc) is 3.00. The van der Waals surface area contributed by atoms with E-state index in [1.807, 2.05) is 19.1 Å². The number of benzene rings is 3. The Hall–Kier alpha value is -3.37. The number of ether oxygens (including phenoxy) is 4. The maximum atomic E-state index is 13.5. The number of hydrazine groups is 1. The predicted molar refractivity (Wildman–Crippen MR) is 169 cm³/mol. The summed E-state index contributed by atoms with van der Waals surface area (Å²) in [6.45, 7) is 3.90. The molecule has 0 aliphatic carbocycles. The van der Waals surface area contributed by atoms with E-state index in [-0.39, 0.29) is 44.0 Å². The topological polar surface area (TPSA) is 98.4 Å². The van der Waals surface area contributed by atoms with E-state index in [0.717, 1.165) is 24.9 Å². The number of carbonyl (C=O) groups excluding carboxylic acids is 2. The fourth-order valence-electron chi connectivity index (χ4n) is 4.72. The highest BCUT2D eigenvalue weighted by atomic mass is 35.5. The minimum absolute atomic E-state index is 0. The second-order valence-electron chi connectivity index (χ2n) is 9.84. The highest BCUT2D eigenvalue weighted by Gasteiger charge is 2.28. The van der Waals surface area contributed by atoms with Gasteiger partial charge in [-0.1, -0.05) is 35.3 Å². The van der Waals surface area contributed by atoms with Gasteiger partial charge >= 0.3 is 0 Å². The second kappa shape index (κ2) is 16.5. The number of halogens is 3. The molecule has 3 aromatic carbocycles. The molecule has 1 fully saturated rings. The number of carbonyl (C=O) groups is 2. The fraction of sp³-hybridized carbons (Fsp3) is 0.355. The van der Waals surface area contributed by atoms with Crippen molar-refractivity contribution in [2.24, 2.45) is 5.92 Å². The molecule has 9 nitrogen and oxygen atoms in total. The molecule has 2 amide bonds. The van der Waals surface area contributed by atoms with Crippen molar-refractivity contribution in [1.29, 1.82) is 0 Å². The number of hydrogen-bond donors (Lipinski definition) is 2. The second-order valence-corrected chi connectivity index (χ2v) is 10.7. The van der Waals surface area contributed by atoms with Gasteiger partial charge in [-0.3, -0.25) is 15.0 Å². The molecular weight excluding hydrogens is 617 g/mol. The lowest BCUT2D eigenvalue weighted by molar-refractivity contribution is -0.139. The van der Waals surface area contributed by atoms with Crippen LogP contribution in [-0.2, 0) is 11.3 Å². The van der Waals surface area contributed by atoms with Gasteiger partial charge in [0, 0.05) is 17.7 Å². The number of aryl methyl sites for hydroxylation is 1. The maximum absolute atomic E-state index is 13.5. The molecule has 1 unspecified atom stereocenters. The Morgan fingerprint density at radius 3 is 2.30 bits per heavy atom. The highest BCUT2D eigenvalue weighted by Crippen LogP contribution is 2.34. The lowest BCUT2D eigenvalue weighted by atomic mass is 9.98. The molecular formula is C31H36Cl3N3O6. The summed E-state index contributed by atoms with van der Waals surface area (Å²) in [4.78, 5) is 26.8. The van der Waals surface area contributed by atoms with Crippen LogP contribution < -0.4 is 29.7 Å². The van der Waals surface area contributed by atoms with Crippen LogP contribution in [-0.4, -0.2) is 57.3 Å². The number of nitrogens with one attached hydrogen (secondary N) is 2. The molecule has 43 heavy (non-hydrogen) atoms. The first-order chi connectivity index (χ1) is 20.3. The molecule has 3 aromatic rings. The number of nitrogens with zero attached hydrogens (tertiary/aromatic N) is 1. The molecule has 1 heterocycles. The number of amides is 2. The van der Waals surface area contributed by atoms with Crippen molar-refractivity contribution in [1.82, 2.24) is 15.8 Å². The molecule has 0 bridgehead atoms. The monoisotopic (exact) mass is 651 g/mol. The van der Waals surface area contributed by atoms with E-state index < -0.39 is 5.91 Å². The van der Waals surface area contributed by atoms with Crippen LogP contribution in [0.25, 0.3) is 0 Å². The Morgan fingerprint density at radius 1 is 0.977 bits per heavy atom. The summed E-state index contributed by atoms with van der Waals surface area (Å²) >= 11 is 12.4. The Balaban J connectivity index is 0.00000506. The first-order valence-electron chi connectivity index (χ1n) is 13.6. The van der Waals surface area contributed by atoms with Gasteiger partial charge in [-0.15, -0.1) is 12.4 Å². The first-order valence-corrected chi connectivity index (χ1v) is 14.4. The van der Waals surface area contributed by atoms with Crippen LogP contribution in [0, 0.1) is 12.8 Å². The summed E-state index contributed by atoms with van der Waals surface area (Å²) in [6.07, 6.45) is 1.63. The zero-order valence-corrected chi connectivity index (χ0v) is 26.6. The van der Waals surface area contributed by atoms with E-state index in [2.05, 4.69) is 10.7 Å². The zero-order chi connectivity index (χ0) is 30.1. The van der Waals surface area contributed by atoms with E-state index >= 15 is 0 Å². The van der Waals surface area contributed by atoms with Gasteiger partial charge in [-0.2, -0.15) is 0 Å². The largest absolute Gasteiger partial charge is 0.493 e. The van der Waals surface area contributed by atoms with Crippen molar-refractivity contribution in [3.63, 3.8) is 0 Å². The SMILES string of the molecule is COc1cccc(CN(NC(=O)c2ccc(OCCOc3c(Cl)cc(C)cc3Cl)cc2)C(=O)C2CCCNC2)c1OC.Cl. The van der Waals surface area contributed by atoms with Crippen LogP contribution in [0.5, 0.6) is 23.0 Å². The molecule has 0 aromatic heterocycles. The number of hydrogen-bond acceptors (Lipinski definition) is 7. The summed E-state index contributed by atoms with van der Waals surface area (Å²) in [6, 6.07) is 15.6. The normalized spacial score (nSPS) is 14.2. The standard InChI is InChI=1S/C31H35Cl2N3O6.ClH/c1-20-16-25(32)29(26(33)17-20)42-15-14-41-24-11-9-21(10-12-24)30(37)35-36(31(38)22-7-5-13-34-18-22)19-23-6-4-8-27(39-2)28(23)40-3;/h4,6,8-12,16-17,22,34H,5,7,13-15,18-19H2,1-3H3,(H,35,37);1H. The molecule has 1 aliphatic rings. The van der Waals surface area contributed by atoms with Crippen LogP contribution in [0.2, 0.25) is 10.0 Å². The van der Waals surface area contributed by atoms with Crippen molar-refractivity contribution in [2.75, 3.05) is 40.5 Å². The third kappa shape index (κ3) is 9.06. The molecule has 0 spiro atoms. The van der Waals surface area contributed by atoms with Crippen LogP contribution >= 0.6 is 35.6 Å². The van der Waals surface area contributed by atoms with Crippen LogP contribution in [0.3, 0.4) is 0 Å². The highest BCUT2D eigenvalue weighted by molar-refractivity contribution is 6.37. The minimum Gasteiger partial charge on any atom is -0.493 e. The third-order valence-corrected chi connectivity index (χ3v) is 7.38. The Morgan fingerprint density at radius 2 is 1.67 bits per heavy atom. The number of rotatable bonds is 11. The molecule has 0 saturated carbocycles. The molecule has 1 aliphatic heterocycles. The van der Waals surface area contributed by atoms with Crippen molar-refractivity contribution >= 4 is 47.4 Å². The smallest absolute Gasteiger partial charge is 0.269 e. The van der Waals surface area contributed by atoms with E-state index in [4.69, 9.17) is 42.1 Å². The van der Waals surface area contributed by atoms with Crippen molar-refractivity contribution in [3.8, 4) is 23.0 Å². The van der Waals surface area contributed by atoms with Crippen molar-refractivity contribution in [2.45, 2.75) is 26.3 Å². The number of para-hydroxylation sites is 1. The van der Waals surface area contributed by atoms with Crippen molar-refractivity contribution in [3.05, 3.63) is 81.3 Å². The zero-order valence-electron chi connectivity index (χ0n) is 24.3. The summed E-state index contributed by atoms with van der Waals surface area (Å²) in [5, 5.41) is 5.50. The minimum atomic E-state index is -0.424. The van der Waals surface area contributed by atoms with Crippen LogP contribution in [0.15, 0.2) is 54.6 Å². The van der Waals surface area contributed by atoms with Crippen LogP contribution in [0.4, 0.5) is 0 Å². The van der Waals surface area contributed by atoms with Gasteiger partial charge in [0.05, 0.1) is 36.7 Å². The Kier molecular flexibility index (Phi) is 13.1. The average molecular weight is 653 g/mol. The number of methoxy groups -OCH3 is 2. The van der Waals surface area contributed by atoms with Gasteiger partial charge in [-0.05, 0) is 74.3 Å². The van der Waals surface area contributed by atoms with Gasteiger partial charge in [0.2, 0.25) is 5.91 Å². The van der Waals surface area contributed by atoms with Gasteiger partial charge in [0.1, 0.15) is 19.0 Å². The summed E-state index contributed by atoms with van der Waals surface area (Å²) < 4.78 is 22.4. The van der Waals surface area contributed by atoms with E-state index in [9.17, 15) is 9.59 Å². The third-order valence-electron chi connectivity index (χ3n) is 6.82. The van der Waals surface area contributed by atoms with Gasteiger partial charge in [0.25, 0.3) is 5.91 Å². The molecule has 2 N–H and O–H groups in total. The van der Waals surface area contributed by atoms with Crippen LogP contribution in [0.1, 0.15) is 34.3 Å². The van der Waals surface area contributed by atoms with Gasteiger partial charge in [-0.25, -0.2) is 5.01 Å². The van der Waals surface area contributed by atoms with E-state index in [1.165, 1.54) is 5.01 Å². The molecule has 232 valence electrons. The number of piperidine rings is 1. The fourth-order valence-corrected chi connectivity index (χ4v) is 5.43. The molecule has 1 saturated heterocycles. The molecule has 4 rings (SSSR count). The molecule has 1 atom stereocenters. The molecule has 12 heteroatoms. The Bertz CT molecular complexity index is 1360. The predicted octanol–water partition coefficient (Wildman–Crippen LogP) is 5.87. The quantitative estimate of drug-likeness (QED) is 0.198. The Labute approximate surface area is 268 Å². The first kappa shape index (κ1) is 34.1. The van der Waals surface area contributed by atoms with Gasteiger partial charge < -0.3 is 24.3 Å². The molecule has 0 radical (unpaired) electrons. The van der Waals surface area contributed by atoms with E-state index in [0.29, 0.717) is 50.7 Å².